The van der Waals surface area contributed by atoms with Gasteiger partial charge in [0.15, 0.2) is 0 Å². The van der Waals surface area contributed by atoms with E-state index in [1.165, 1.54) is 6.07 Å². The zero-order valence-corrected chi connectivity index (χ0v) is 14.3. The van der Waals surface area contributed by atoms with Gasteiger partial charge in [-0.1, -0.05) is 18.2 Å². The van der Waals surface area contributed by atoms with Gasteiger partial charge in [0.2, 0.25) is 0 Å². The summed E-state index contributed by atoms with van der Waals surface area (Å²) in [5.74, 6) is -0.202. The highest BCUT2D eigenvalue weighted by atomic mass is 19.1. The lowest BCUT2D eigenvalue weighted by Crippen LogP contribution is -2.41. The largest absolute Gasteiger partial charge is 0.491 e. The molecular weight excluding hydrogens is 280 g/mol. The van der Waals surface area contributed by atoms with Gasteiger partial charge in [0.05, 0.1) is 11.2 Å². The Morgan fingerprint density at radius 2 is 1.82 bits per heavy atom. The molecule has 1 aliphatic heterocycles. The first-order valence-electron chi connectivity index (χ1n) is 7.63. The van der Waals surface area contributed by atoms with E-state index in [2.05, 4.69) is 5.32 Å². The number of hydrogen-bond acceptors (Lipinski definition) is 3. The molecule has 0 saturated carbocycles. The second-order valence-electron chi connectivity index (χ2n) is 6.85. The molecule has 0 aliphatic carbocycles. The molecule has 0 radical (unpaired) electrons. The zero-order chi connectivity index (χ0) is 16.5. The van der Waals surface area contributed by atoms with E-state index in [-0.39, 0.29) is 17.0 Å². The zero-order valence-electron chi connectivity index (χ0n) is 14.3. The number of halogens is 1. The van der Waals surface area contributed by atoms with Gasteiger partial charge in [-0.25, -0.2) is 4.39 Å². The third-order valence-corrected chi connectivity index (χ3v) is 4.48. The van der Waals surface area contributed by atoms with Crippen molar-refractivity contribution in [3.05, 3.63) is 40.6 Å². The summed E-state index contributed by atoms with van der Waals surface area (Å²) >= 11 is 0. The summed E-state index contributed by atoms with van der Waals surface area (Å²) in [5, 5.41) is 3.12. The third-order valence-electron chi connectivity index (χ3n) is 4.48. The van der Waals surface area contributed by atoms with E-state index in [4.69, 9.17) is 9.31 Å². The molecule has 22 heavy (non-hydrogen) atoms. The first-order chi connectivity index (χ1) is 10.2. The number of likely N-dealkylation sites (N-methyl/N-ethyl adjacent to an activating group) is 1. The highest BCUT2D eigenvalue weighted by molar-refractivity contribution is 6.55. The Morgan fingerprint density at radius 1 is 1.23 bits per heavy atom. The predicted molar refractivity (Wildman–Crippen MR) is 89.1 cm³/mol. The summed E-state index contributed by atoms with van der Waals surface area (Å²) in [6, 6.07) is 5.22. The van der Waals surface area contributed by atoms with E-state index in [1.807, 2.05) is 46.9 Å². The van der Waals surface area contributed by atoms with E-state index in [0.717, 1.165) is 11.0 Å². The Bertz CT molecular complexity index is 568. The number of rotatable bonds is 4. The Labute approximate surface area is 133 Å². The molecule has 0 atom stereocenters. The van der Waals surface area contributed by atoms with Crippen LogP contribution in [0.5, 0.6) is 0 Å². The molecule has 1 fully saturated rings. The van der Waals surface area contributed by atoms with Crippen molar-refractivity contribution in [1.29, 1.82) is 0 Å². The van der Waals surface area contributed by atoms with Crippen LogP contribution < -0.4 is 5.32 Å². The van der Waals surface area contributed by atoms with E-state index >= 15 is 0 Å². The minimum atomic E-state index is -0.429. The molecule has 2 rings (SSSR count). The van der Waals surface area contributed by atoms with Gasteiger partial charge in [-0.2, -0.15) is 0 Å². The summed E-state index contributed by atoms with van der Waals surface area (Å²) < 4.78 is 25.9. The van der Waals surface area contributed by atoms with Crippen LogP contribution in [0.2, 0.25) is 0 Å². The van der Waals surface area contributed by atoms with Crippen LogP contribution in [0, 0.1) is 12.7 Å². The Morgan fingerprint density at radius 3 is 2.32 bits per heavy atom. The van der Waals surface area contributed by atoms with Crippen molar-refractivity contribution < 1.29 is 13.7 Å². The van der Waals surface area contributed by atoms with Gasteiger partial charge < -0.3 is 14.6 Å². The van der Waals surface area contributed by atoms with E-state index in [1.54, 1.807) is 13.0 Å². The van der Waals surface area contributed by atoms with E-state index in [9.17, 15) is 4.39 Å². The van der Waals surface area contributed by atoms with Gasteiger partial charge in [-0.15, -0.1) is 0 Å². The van der Waals surface area contributed by atoms with Gasteiger partial charge >= 0.3 is 7.12 Å². The van der Waals surface area contributed by atoms with Crippen LogP contribution in [0.1, 0.15) is 38.8 Å². The van der Waals surface area contributed by atoms with Crippen molar-refractivity contribution in [1.82, 2.24) is 5.32 Å². The molecule has 0 bridgehead atoms. The van der Waals surface area contributed by atoms with Crippen LogP contribution in [0.15, 0.2) is 23.7 Å². The standard InChI is InChI=1S/C17H25BFNO2/c1-12-7-8-13(10-15(12)19)9-14(11-20-6)18-21-16(2,3)17(4,5)22-18/h7-10,20H,11H2,1-6H3. The summed E-state index contributed by atoms with van der Waals surface area (Å²) in [7, 11) is 1.44. The molecule has 1 aliphatic rings. The molecule has 1 saturated heterocycles. The van der Waals surface area contributed by atoms with Crippen molar-refractivity contribution in [3.63, 3.8) is 0 Å². The third kappa shape index (κ3) is 3.42. The van der Waals surface area contributed by atoms with Crippen molar-refractivity contribution in [2.75, 3.05) is 13.6 Å². The maximum Gasteiger partial charge on any atom is 0.491 e. The normalized spacial score (nSPS) is 20.5. The van der Waals surface area contributed by atoms with Crippen LogP contribution in [0.4, 0.5) is 4.39 Å². The fourth-order valence-corrected chi connectivity index (χ4v) is 2.31. The molecule has 120 valence electrons. The monoisotopic (exact) mass is 305 g/mol. The van der Waals surface area contributed by atoms with Gasteiger partial charge in [-0.05, 0) is 64.3 Å². The van der Waals surface area contributed by atoms with Crippen LogP contribution in [-0.2, 0) is 9.31 Å². The summed E-state index contributed by atoms with van der Waals surface area (Å²) in [6.45, 7) is 10.5. The Balaban J connectivity index is 2.31. The summed E-state index contributed by atoms with van der Waals surface area (Å²) in [4.78, 5) is 0. The number of benzene rings is 1. The molecule has 0 spiro atoms. The second-order valence-corrected chi connectivity index (χ2v) is 6.85. The Hall–Kier alpha value is -1.17. The molecule has 0 unspecified atom stereocenters. The maximum absolute atomic E-state index is 13.7. The van der Waals surface area contributed by atoms with Crippen molar-refractivity contribution in [2.24, 2.45) is 0 Å². The summed E-state index contributed by atoms with van der Waals surface area (Å²) in [6.07, 6.45) is 1.93. The number of nitrogens with one attached hydrogen (secondary N) is 1. The van der Waals surface area contributed by atoms with Crippen molar-refractivity contribution in [3.8, 4) is 0 Å². The molecule has 1 aromatic rings. The molecule has 1 N–H and O–H groups in total. The average Bonchev–Trinajstić information content (AvgIpc) is 2.62. The van der Waals surface area contributed by atoms with E-state index in [0.29, 0.717) is 12.1 Å². The molecule has 0 aromatic heterocycles. The van der Waals surface area contributed by atoms with Crippen molar-refractivity contribution in [2.45, 2.75) is 45.8 Å². The van der Waals surface area contributed by atoms with Gasteiger partial charge in [-0.3, -0.25) is 0 Å². The smallest absolute Gasteiger partial charge is 0.400 e. The second kappa shape index (κ2) is 6.15. The molecular formula is C17H25BFNO2. The molecule has 0 amide bonds. The molecule has 1 aromatic carbocycles. The average molecular weight is 305 g/mol. The highest BCUT2D eigenvalue weighted by Crippen LogP contribution is 2.38. The van der Waals surface area contributed by atoms with E-state index < -0.39 is 7.12 Å². The highest BCUT2D eigenvalue weighted by Gasteiger charge is 2.52. The van der Waals surface area contributed by atoms with Crippen LogP contribution in [0.3, 0.4) is 0 Å². The lowest BCUT2D eigenvalue weighted by molar-refractivity contribution is 0.00578. The van der Waals surface area contributed by atoms with Gasteiger partial charge in [0.25, 0.3) is 0 Å². The van der Waals surface area contributed by atoms with Crippen LogP contribution >= 0.6 is 0 Å². The topological polar surface area (TPSA) is 30.5 Å². The molecule has 1 heterocycles. The summed E-state index contributed by atoms with van der Waals surface area (Å²) in [5.41, 5.74) is 1.63. The van der Waals surface area contributed by atoms with Crippen molar-refractivity contribution >= 4 is 13.2 Å². The fourth-order valence-electron chi connectivity index (χ4n) is 2.31. The molecule has 3 nitrogen and oxygen atoms in total. The number of hydrogen-bond donors (Lipinski definition) is 1. The Kier molecular flexibility index (Phi) is 4.80. The first kappa shape index (κ1) is 17.2. The minimum absolute atomic E-state index is 0.202. The van der Waals surface area contributed by atoms with Crippen LogP contribution in [-0.4, -0.2) is 31.9 Å². The fraction of sp³-hybridized carbons (Fsp3) is 0.529. The number of aryl methyl sites for hydroxylation is 1. The maximum atomic E-state index is 13.7. The lowest BCUT2D eigenvalue weighted by atomic mass is 9.77. The SMILES string of the molecule is CNCC(=Cc1ccc(C)c(F)c1)B1OC(C)(C)C(C)(C)O1. The van der Waals surface area contributed by atoms with Gasteiger partial charge in [0, 0.05) is 6.54 Å². The van der Waals surface area contributed by atoms with Gasteiger partial charge in [0.1, 0.15) is 5.82 Å². The quantitative estimate of drug-likeness (QED) is 0.865. The van der Waals surface area contributed by atoms with Crippen LogP contribution in [0.25, 0.3) is 6.08 Å². The molecule has 5 heteroatoms. The minimum Gasteiger partial charge on any atom is -0.400 e. The first-order valence-corrected chi connectivity index (χ1v) is 7.63. The predicted octanol–water partition coefficient (Wildman–Crippen LogP) is 3.37. The lowest BCUT2D eigenvalue weighted by Gasteiger charge is -2.32.